The summed E-state index contributed by atoms with van der Waals surface area (Å²) in [5.41, 5.74) is 15.4. The lowest BCUT2D eigenvalue weighted by Gasteiger charge is -2.37. The van der Waals surface area contributed by atoms with E-state index in [0.717, 1.165) is 96.2 Å². The Hall–Kier alpha value is -3.80. The molecule has 0 spiro atoms. The summed E-state index contributed by atoms with van der Waals surface area (Å²) < 4.78 is 0. The summed E-state index contributed by atoms with van der Waals surface area (Å²) in [6.45, 7) is 20.8. The van der Waals surface area contributed by atoms with E-state index in [9.17, 15) is 9.59 Å². The summed E-state index contributed by atoms with van der Waals surface area (Å²) in [6, 6.07) is 8.88. The van der Waals surface area contributed by atoms with Gasteiger partial charge in [0.15, 0.2) is 0 Å². The van der Waals surface area contributed by atoms with Crippen LogP contribution in [0.25, 0.3) is 33.2 Å². The topological polar surface area (TPSA) is 91.5 Å². The molecule has 47 heavy (non-hydrogen) atoms. The molecule has 1 atom stereocenters. The highest BCUT2D eigenvalue weighted by molar-refractivity contribution is 6.01. The monoisotopic (exact) mass is 634 g/mol. The number of ketones is 2. The molecule has 1 unspecified atom stereocenters. The lowest BCUT2D eigenvalue weighted by molar-refractivity contribution is -0.132. The second-order valence-corrected chi connectivity index (χ2v) is 13.3. The Balaban J connectivity index is 2.07. The van der Waals surface area contributed by atoms with Crippen molar-refractivity contribution in [3.8, 4) is 0 Å². The normalized spacial score (nSPS) is 15.9. The summed E-state index contributed by atoms with van der Waals surface area (Å²) in [4.78, 5) is 45.0. The van der Waals surface area contributed by atoms with Crippen molar-refractivity contribution in [2.75, 3.05) is 0 Å². The lowest BCUT2D eigenvalue weighted by atomic mass is 9.63. The van der Waals surface area contributed by atoms with E-state index in [0.29, 0.717) is 0 Å². The van der Waals surface area contributed by atoms with Crippen molar-refractivity contribution in [3.05, 3.63) is 69.3 Å². The van der Waals surface area contributed by atoms with Crippen molar-refractivity contribution >= 4 is 44.8 Å². The van der Waals surface area contributed by atoms with E-state index < -0.39 is 11.3 Å². The van der Waals surface area contributed by atoms with Crippen LogP contribution in [0.2, 0.25) is 0 Å². The molecule has 2 aliphatic heterocycles. The first-order valence-corrected chi connectivity index (χ1v) is 18.1. The van der Waals surface area contributed by atoms with Gasteiger partial charge in [-0.1, -0.05) is 55.4 Å². The fraction of sp³-hybridized carbons (Fsp3) is 0.512. The van der Waals surface area contributed by atoms with Crippen molar-refractivity contribution < 1.29 is 9.59 Å². The average Bonchev–Trinajstić information content (AvgIpc) is 3.75. The maximum absolute atomic E-state index is 13.3. The van der Waals surface area contributed by atoms with Crippen LogP contribution in [-0.2, 0) is 40.7 Å². The van der Waals surface area contributed by atoms with Crippen molar-refractivity contribution in [1.82, 2.24) is 19.9 Å². The number of rotatable bonds is 11. The highest BCUT2D eigenvalue weighted by atomic mass is 16.1. The number of carbonyl (C=O) groups is 2. The predicted molar refractivity (Wildman–Crippen MR) is 196 cm³/mol. The van der Waals surface area contributed by atoms with Gasteiger partial charge in [0.05, 0.1) is 17.3 Å². The average molecular weight is 635 g/mol. The van der Waals surface area contributed by atoms with Crippen LogP contribution in [0.1, 0.15) is 146 Å². The number of hydrogen-bond acceptors (Lipinski definition) is 4. The van der Waals surface area contributed by atoms with Gasteiger partial charge in [-0.25, -0.2) is 4.98 Å². The molecule has 0 radical (unpaired) electrons. The van der Waals surface area contributed by atoms with Gasteiger partial charge in [-0.2, -0.15) is 0 Å². The lowest BCUT2D eigenvalue weighted by Crippen LogP contribution is -2.39. The molecule has 6 heteroatoms. The molecule has 8 bridgehead atoms. The number of allylic oxidation sites excluding steroid dienone is 2. The van der Waals surface area contributed by atoms with Gasteiger partial charge < -0.3 is 9.97 Å². The quantitative estimate of drug-likeness (QED) is 0.205. The minimum Gasteiger partial charge on any atom is -0.355 e. The maximum Gasteiger partial charge on any atom is 0.140 e. The molecule has 0 fully saturated rings. The Bertz CT molecular complexity index is 1890. The molecule has 250 valence electrons. The summed E-state index contributed by atoms with van der Waals surface area (Å²) >= 11 is 0. The molecule has 0 aliphatic carbocycles. The molecule has 3 aromatic rings. The number of nitrogens with one attached hydrogen (secondary N) is 2. The zero-order valence-corrected chi connectivity index (χ0v) is 30.3. The van der Waals surface area contributed by atoms with Gasteiger partial charge in [-0.05, 0) is 123 Å². The molecular weight excluding hydrogens is 580 g/mol. The highest BCUT2D eigenvalue weighted by Crippen LogP contribution is 2.52. The van der Waals surface area contributed by atoms with E-state index in [1.54, 1.807) is 13.8 Å². The van der Waals surface area contributed by atoms with Crippen molar-refractivity contribution in [2.24, 2.45) is 5.92 Å². The number of fused-ring (bicyclic) bond motifs is 8. The van der Waals surface area contributed by atoms with Crippen LogP contribution < -0.4 is 0 Å². The van der Waals surface area contributed by atoms with Crippen molar-refractivity contribution in [2.45, 2.75) is 132 Å². The summed E-state index contributed by atoms with van der Waals surface area (Å²) in [7, 11) is 0. The number of nitrogens with zero attached hydrogens (tertiary/aromatic N) is 2. The Morgan fingerprint density at radius 2 is 1.02 bits per heavy atom. The Kier molecular flexibility index (Phi) is 10.1. The molecule has 6 nitrogen and oxygen atoms in total. The van der Waals surface area contributed by atoms with Crippen LogP contribution in [-0.4, -0.2) is 31.5 Å². The second-order valence-electron chi connectivity index (χ2n) is 13.3. The summed E-state index contributed by atoms with van der Waals surface area (Å²) in [5, 5.41) is 0. The molecule has 3 aromatic heterocycles. The molecule has 0 amide bonds. The largest absolute Gasteiger partial charge is 0.355 e. The van der Waals surface area contributed by atoms with E-state index in [2.05, 4.69) is 89.6 Å². The van der Waals surface area contributed by atoms with Crippen LogP contribution in [0, 0.1) is 5.92 Å². The molecule has 2 N–H and O–H groups in total. The van der Waals surface area contributed by atoms with E-state index >= 15 is 0 Å². The van der Waals surface area contributed by atoms with Crippen LogP contribution in [0.15, 0.2) is 24.3 Å². The number of carbonyl (C=O) groups excluding carboxylic acids is 2. The van der Waals surface area contributed by atoms with Gasteiger partial charge in [0.25, 0.3) is 0 Å². The van der Waals surface area contributed by atoms with E-state index in [1.165, 1.54) is 33.4 Å². The Labute approximate surface area is 280 Å². The summed E-state index contributed by atoms with van der Waals surface area (Å²) in [5.74, 6) is -1.30. The number of H-pyrrole nitrogens is 2. The van der Waals surface area contributed by atoms with Crippen molar-refractivity contribution in [1.29, 1.82) is 0 Å². The van der Waals surface area contributed by atoms with Gasteiger partial charge >= 0.3 is 0 Å². The van der Waals surface area contributed by atoms with Gasteiger partial charge in [-0.3, -0.25) is 14.6 Å². The second kappa shape index (κ2) is 13.7. The van der Waals surface area contributed by atoms with E-state index in [4.69, 9.17) is 9.97 Å². The maximum atomic E-state index is 13.3. The van der Waals surface area contributed by atoms with Crippen molar-refractivity contribution in [3.63, 3.8) is 0 Å². The minimum atomic E-state index is -0.759. The van der Waals surface area contributed by atoms with Crippen LogP contribution in [0.5, 0.6) is 0 Å². The van der Waals surface area contributed by atoms with Crippen LogP contribution in [0.4, 0.5) is 0 Å². The molecule has 0 aromatic carbocycles. The minimum absolute atomic E-state index is 0.0940. The number of aromatic nitrogens is 4. The Morgan fingerprint density at radius 3 is 1.38 bits per heavy atom. The van der Waals surface area contributed by atoms with Crippen LogP contribution >= 0.6 is 0 Å². The fourth-order valence-corrected chi connectivity index (χ4v) is 8.87. The Morgan fingerprint density at radius 1 is 0.617 bits per heavy atom. The first-order valence-electron chi connectivity index (χ1n) is 18.1. The van der Waals surface area contributed by atoms with Gasteiger partial charge in [0, 0.05) is 44.8 Å². The summed E-state index contributed by atoms with van der Waals surface area (Å²) in [6.07, 6.45) is 6.88. The molecule has 0 saturated heterocycles. The molecule has 0 saturated carbocycles. The molecule has 5 heterocycles. The third-order valence-corrected chi connectivity index (χ3v) is 11.2. The van der Waals surface area contributed by atoms with E-state index in [1.807, 2.05) is 0 Å². The van der Waals surface area contributed by atoms with Gasteiger partial charge in [0.1, 0.15) is 11.6 Å². The fourth-order valence-electron chi connectivity index (χ4n) is 8.87. The first-order chi connectivity index (χ1) is 22.6. The number of aryl methyl sites for hydroxylation is 4. The third kappa shape index (κ3) is 5.62. The van der Waals surface area contributed by atoms with Crippen LogP contribution in [0.3, 0.4) is 0 Å². The highest BCUT2D eigenvalue weighted by Gasteiger charge is 2.51. The standard InChI is InChI=1S/C41H54N4O2/c1-11-25-26(12-2)32-20-34-29(15-5)30(16-6)36(44-34)22-38-41(17-7,18-8)40(39(23(9)46)24(10)47)37(45-38)21-35-28(14-4)27(13-3)33(43-35)19-31(25)42-32/h19-22,39-40,43-44H,11-18H2,1-10H3. The SMILES string of the molecule is CCC1=C(CC)c2cc3[nH]c(cc4nc(cc5[nH]c(cc1n2)c(CC)c5CC)C(C(C(C)=O)C(C)=O)C4(CC)CC)c(CC)c3CC. The predicted octanol–water partition coefficient (Wildman–Crippen LogP) is 9.93. The third-order valence-electron chi connectivity index (χ3n) is 11.2. The smallest absolute Gasteiger partial charge is 0.140 e. The first kappa shape index (κ1) is 34.5. The molecule has 2 aliphatic rings. The number of Topliss-reactive ketones (excluding diaryl/α,β-unsaturated/α-hetero) is 2. The number of hydrogen-bond donors (Lipinski definition) is 2. The zero-order valence-electron chi connectivity index (χ0n) is 30.3. The van der Waals surface area contributed by atoms with Gasteiger partial charge in [-0.15, -0.1) is 0 Å². The zero-order chi connectivity index (χ0) is 34.2. The molecule has 5 rings (SSSR count). The number of aromatic amines is 2. The molecular formula is C41H54N4O2. The van der Waals surface area contributed by atoms with Gasteiger partial charge in [0.2, 0.25) is 0 Å². The van der Waals surface area contributed by atoms with E-state index in [-0.39, 0.29) is 17.5 Å².